The van der Waals surface area contributed by atoms with Gasteiger partial charge in [0.05, 0.1) is 12.3 Å². The lowest BCUT2D eigenvalue weighted by atomic mass is 10.0. The first-order valence-electron chi connectivity index (χ1n) is 9.66. The average Bonchev–Trinajstić information content (AvgIpc) is 2.72. The summed E-state index contributed by atoms with van der Waals surface area (Å²) in [4.78, 5) is 32.5. The van der Waals surface area contributed by atoms with Crippen molar-refractivity contribution in [2.45, 2.75) is 39.7 Å². The number of aromatic nitrogens is 2. The Morgan fingerprint density at radius 3 is 2.54 bits per heavy atom. The van der Waals surface area contributed by atoms with E-state index in [-0.39, 0.29) is 12.2 Å². The third-order valence-corrected chi connectivity index (χ3v) is 4.35. The highest BCUT2D eigenvalue weighted by atomic mass is 16.5. The predicted octanol–water partition coefficient (Wildman–Crippen LogP) is 2.72. The molecule has 0 fully saturated rings. The minimum atomic E-state index is -0.629. The molecule has 2 N–H and O–H groups in total. The second-order valence-corrected chi connectivity index (χ2v) is 6.22. The van der Waals surface area contributed by atoms with Gasteiger partial charge in [0, 0.05) is 0 Å². The van der Waals surface area contributed by atoms with Crippen molar-refractivity contribution in [3.05, 3.63) is 53.0 Å². The van der Waals surface area contributed by atoms with E-state index >= 15 is 0 Å². The smallest absolute Gasteiger partial charge is 0.343 e. The fourth-order valence-corrected chi connectivity index (χ4v) is 2.86. The molecule has 0 amide bonds. The van der Waals surface area contributed by atoms with E-state index in [9.17, 15) is 9.59 Å². The molecule has 0 spiro atoms. The van der Waals surface area contributed by atoms with E-state index in [1.807, 2.05) is 31.2 Å². The summed E-state index contributed by atoms with van der Waals surface area (Å²) in [6.45, 7) is 7.82. The number of hydrogen-bond acceptors (Lipinski definition) is 7. The molecule has 7 nitrogen and oxygen atoms in total. The normalized spacial score (nSPS) is 11.7. The second kappa shape index (κ2) is 11.1. The Balaban J connectivity index is 2.22. The summed E-state index contributed by atoms with van der Waals surface area (Å²) >= 11 is 0. The van der Waals surface area contributed by atoms with Crippen LogP contribution in [0.3, 0.4) is 0 Å². The fourth-order valence-electron chi connectivity index (χ4n) is 2.86. The second-order valence-electron chi connectivity index (χ2n) is 6.22. The molecule has 2 aromatic rings. The van der Waals surface area contributed by atoms with Crippen LogP contribution in [0, 0.1) is 0 Å². The monoisotopic (exact) mass is 384 g/mol. The predicted molar refractivity (Wildman–Crippen MR) is 108 cm³/mol. The molecule has 0 aliphatic carbocycles. The van der Waals surface area contributed by atoms with E-state index < -0.39 is 12.0 Å². The number of benzene rings is 1. The lowest BCUT2D eigenvalue weighted by Crippen LogP contribution is -2.19. The summed E-state index contributed by atoms with van der Waals surface area (Å²) in [5.41, 5.74) is 2.85. The van der Waals surface area contributed by atoms with Crippen LogP contribution in [0.5, 0.6) is 0 Å². The highest BCUT2D eigenvalue weighted by Gasteiger charge is 2.22. The maximum absolute atomic E-state index is 12.4. The van der Waals surface area contributed by atoms with Gasteiger partial charge < -0.3 is 20.2 Å². The van der Waals surface area contributed by atoms with Crippen LogP contribution in [0.15, 0.2) is 30.6 Å². The number of carbonyl (C=O) groups excluding carboxylic acids is 2. The average molecular weight is 384 g/mol. The van der Waals surface area contributed by atoms with Crippen LogP contribution in [-0.4, -0.2) is 41.9 Å². The van der Waals surface area contributed by atoms with Crippen molar-refractivity contribution < 1.29 is 14.3 Å². The molecule has 7 heteroatoms. The molecule has 1 unspecified atom stereocenters. The van der Waals surface area contributed by atoms with Gasteiger partial charge >= 0.3 is 5.97 Å². The Morgan fingerprint density at radius 2 is 1.93 bits per heavy atom. The molecule has 1 heterocycles. The molecule has 0 saturated carbocycles. The van der Waals surface area contributed by atoms with E-state index in [1.54, 1.807) is 6.92 Å². The molecule has 0 aliphatic rings. The van der Waals surface area contributed by atoms with Gasteiger partial charge in [-0.25, -0.2) is 14.8 Å². The van der Waals surface area contributed by atoms with Crippen LogP contribution < -0.4 is 10.6 Å². The summed E-state index contributed by atoms with van der Waals surface area (Å²) in [5.74, 6) is -0.190. The third kappa shape index (κ3) is 5.60. The molecule has 1 atom stereocenters. The number of likely N-dealkylation sites (N-methyl/N-ethyl adjacent to an activating group) is 1. The van der Waals surface area contributed by atoms with Gasteiger partial charge in [0.1, 0.15) is 30.0 Å². The van der Waals surface area contributed by atoms with Gasteiger partial charge in [-0.2, -0.15) is 0 Å². The number of nitrogens with zero attached hydrogens (tertiary/aromatic N) is 2. The van der Waals surface area contributed by atoms with Gasteiger partial charge in [0.25, 0.3) is 0 Å². The maximum atomic E-state index is 12.4. The van der Waals surface area contributed by atoms with Crippen molar-refractivity contribution in [1.29, 1.82) is 0 Å². The molecule has 150 valence electrons. The minimum Gasteiger partial charge on any atom is -0.462 e. The lowest BCUT2D eigenvalue weighted by Gasteiger charge is -2.17. The summed E-state index contributed by atoms with van der Waals surface area (Å²) in [6, 6.07) is 7.22. The highest BCUT2D eigenvalue weighted by Crippen LogP contribution is 2.23. The van der Waals surface area contributed by atoms with Gasteiger partial charge in [0.2, 0.25) is 0 Å². The first-order chi connectivity index (χ1) is 13.6. The number of anilines is 1. The van der Waals surface area contributed by atoms with E-state index in [0.717, 1.165) is 31.4 Å². The molecule has 0 aliphatic heterocycles. The molecule has 1 aromatic carbocycles. The number of hydrogen-bond donors (Lipinski definition) is 2. The number of esters is 1. The third-order valence-electron chi connectivity index (χ3n) is 4.35. The highest BCUT2D eigenvalue weighted by molar-refractivity contribution is 5.96. The lowest BCUT2D eigenvalue weighted by molar-refractivity contribution is -0.108. The molecule has 0 bridgehead atoms. The van der Waals surface area contributed by atoms with Gasteiger partial charge in [-0.15, -0.1) is 0 Å². The SMILES string of the molecule is CCNCCc1ccc(C(C=O)Nc2ncnc(CC)c2C(=O)OCC)cc1. The first-order valence-corrected chi connectivity index (χ1v) is 9.66. The van der Waals surface area contributed by atoms with Crippen molar-refractivity contribution in [2.24, 2.45) is 0 Å². The number of rotatable bonds is 11. The first kappa shape index (κ1) is 21.5. The Hall–Kier alpha value is -2.80. The van der Waals surface area contributed by atoms with Gasteiger partial charge in [0.15, 0.2) is 0 Å². The van der Waals surface area contributed by atoms with Crippen LogP contribution in [0.4, 0.5) is 5.82 Å². The number of ether oxygens (including phenoxy) is 1. The van der Waals surface area contributed by atoms with Gasteiger partial charge in [-0.05, 0) is 44.0 Å². The quantitative estimate of drug-likeness (QED) is 0.349. The van der Waals surface area contributed by atoms with Crippen molar-refractivity contribution in [2.75, 3.05) is 25.0 Å². The van der Waals surface area contributed by atoms with Crippen LogP contribution in [-0.2, 0) is 22.4 Å². The zero-order valence-electron chi connectivity index (χ0n) is 16.7. The van der Waals surface area contributed by atoms with Crippen LogP contribution >= 0.6 is 0 Å². The summed E-state index contributed by atoms with van der Waals surface area (Å²) in [6.07, 6.45) is 3.66. The summed E-state index contributed by atoms with van der Waals surface area (Å²) in [5, 5.41) is 6.36. The number of aldehydes is 1. The standard InChI is InChI=1S/C21H28N4O3/c1-4-17-19(21(27)28-6-3)20(24-14-23-17)25-18(13-26)16-9-7-15(8-10-16)11-12-22-5-2/h7-10,13-14,18,22H,4-6,11-12H2,1-3H3,(H,23,24,25). The summed E-state index contributed by atoms with van der Waals surface area (Å²) in [7, 11) is 0. The maximum Gasteiger partial charge on any atom is 0.343 e. The Labute approximate surface area is 165 Å². The minimum absolute atomic E-state index is 0.252. The van der Waals surface area contributed by atoms with Gasteiger partial charge in [-0.3, -0.25) is 0 Å². The number of nitrogens with one attached hydrogen (secondary N) is 2. The number of aryl methyl sites for hydroxylation is 1. The molecule has 28 heavy (non-hydrogen) atoms. The summed E-state index contributed by atoms with van der Waals surface area (Å²) < 4.78 is 5.14. The zero-order valence-corrected chi connectivity index (χ0v) is 16.7. The molecule has 2 rings (SSSR count). The van der Waals surface area contributed by atoms with Crippen LogP contribution in [0.25, 0.3) is 0 Å². The van der Waals surface area contributed by atoms with Crippen LogP contribution in [0.1, 0.15) is 54.0 Å². The van der Waals surface area contributed by atoms with E-state index in [1.165, 1.54) is 11.9 Å². The van der Waals surface area contributed by atoms with Crippen molar-refractivity contribution >= 4 is 18.1 Å². The molecular formula is C21H28N4O3. The largest absolute Gasteiger partial charge is 0.462 e. The Morgan fingerprint density at radius 1 is 1.18 bits per heavy atom. The van der Waals surface area contributed by atoms with Crippen molar-refractivity contribution in [1.82, 2.24) is 15.3 Å². The molecule has 1 aromatic heterocycles. The van der Waals surface area contributed by atoms with E-state index in [0.29, 0.717) is 17.9 Å². The zero-order chi connectivity index (χ0) is 20.4. The Bertz CT molecular complexity index is 778. The van der Waals surface area contributed by atoms with Gasteiger partial charge in [-0.1, -0.05) is 38.1 Å². The Kier molecular flexibility index (Phi) is 8.55. The molecule has 0 saturated heterocycles. The topological polar surface area (TPSA) is 93.2 Å². The van der Waals surface area contributed by atoms with E-state index in [4.69, 9.17) is 4.74 Å². The fraction of sp³-hybridized carbons (Fsp3) is 0.429. The van der Waals surface area contributed by atoms with Crippen molar-refractivity contribution in [3.8, 4) is 0 Å². The van der Waals surface area contributed by atoms with Crippen LogP contribution in [0.2, 0.25) is 0 Å². The number of carbonyl (C=O) groups is 2. The molecular weight excluding hydrogens is 356 g/mol. The molecule has 0 radical (unpaired) electrons. The van der Waals surface area contributed by atoms with Crippen molar-refractivity contribution in [3.63, 3.8) is 0 Å². The van der Waals surface area contributed by atoms with E-state index in [2.05, 4.69) is 27.5 Å².